The highest BCUT2D eigenvalue weighted by Gasteiger charge is 2.23. The van der Waals surface area contributed by atoms with Crippen LogP contribution in [0, 0.1) is 5.82 Å². The summed E-state index contributed by atoms with van der Waals surface area (Å²) in [6.45, 7) is 0.942. The molecule has 5 nitrogen and oxygen atoms in total. The predicted octanol–water partition coefficient (Wildman–Crippen LogP) is 2.70. The maximum absolute atomic E-state index is 14.0. The molecule has 6 heteroatoms. The number of hydrogen-bond acceptors (Lipinski definition) is 5. The van der Waals surface area contributed by atoms with Crippen LogP contribution in [0.3, 0.4) is 0 Å². The van der Waals surface area contributed by atoms with Crippen molar-refractivity contribution in [3.05, 3.63) is 29.8 Å². The Hall–Kier alpha value is -1.95. The Kier molecular flexibility index (Phi) is 3.64. The van der Waals surface area contributed by atoms with Crippen LogP contribution in [0.2, 0.25) is 0 Å². The summed E-state index contributed by atoms with van der Waals surface area (Å²) in [5.74, 6) is 0.681. The smallest absolute Gasteiger partial charge is 0.264 e. The monoisotopic (exact) mass is 277 g/mol. The fourth-order valence-electron chi connectivity index (χ4n) is 2.43. The van der Waals surface area contributed by atoms with Crippen LogP contribution in [0.15, 0.2) is 22.7 Å². The summed E-state index contributed by atoms with van der Waals surface area (Å²) in [7, 11) is 1.48. The van der Waals surface area contributed by atoms with E-state index in [1.807, 2.05) is 0 Å². The highest BCUT2D eigenvalue weighted by atomic mass is 19.1. The third kappa shape index (κ3) is 2.38. The minimum atomic E-state index is -0.434. The molecular formula is C14H16FN3O2. The molecule has 0 radical (unpaired) electrons. The van der Waals surface area contributed by atoms with Crippen LogP contribution >= 0.6 is 0 Å². The number of halogens is 1. The van der Waals surface area contributed by atoms with E-state index in [-0.39, 0.29) is 17.5 Å². The van der Waals surface area contributed by atoms with Crippen molar-refractivity contribution in [1.29, 1.82) is 0 Å². The van der Waals surface area contributed by atoms with Crippen LogP contribution in [0.25, 0.3) is 11.5 Å². The molecule has 1 unspecified atom stereocenters. The van der Waals surface area contributed by atoms with Crippen LogP contribution in [0.5, 0.6) is 5.75 Å². The van der Waals surface area contributed by atoms with Crippen LogP contribution in [0.4, 0.5) is 4.39 Å². The van der Waals surface area contributed by atoms with E-state index in [9.17, 15) is 4.39 Å². The lowest BCUT2D eigenvalue weighted by atomic mass is 10.0. The molecule has 0 saturated carbocycles. The van der Waals surface area contributed by atoms with Gasteiger partial charge in [-0.1, -0.05) is 17.6 Å². The molecule has 0 aliphatic carbocycles. The number of benzene rings is 1. The molecule has 1 N–H and O–H groups in total. The molecule has 20 heavy (non-hydrogen) atoms. The molecule has 1 aromatic heterocycles. The Morgan fingerprint density at radius 2 is 2.30 bits per heavy atom. The van der Waals surface area contributed by atoms with E-state index in [2.05, 4.69) is 15.5 Å². The van der Waals surface area contributed by atoms with Gasteiger partial charge in [0, 0.05) is 0 Å². The van der Waals surface area contributed by atoms with Gasteiger partial charge in [-0.15, -0.1) is 0 Å². The lowest BCUT2D eigenvalue weighted by Crippen LogP contribution is -2.27. The van der Waals surface area contributed by atoms with Crippen molar-refractivity contribution in [2.75, 3.05) is 13.7 Å². The van der Waals surface area contributed by atoms with Gasteiger partial charge in [-0.05, 0) is 31.5 Å². The Balaban J connectivity index is 1.93. The topological polar surface area (TPSA) is 60.2 Å². The summed E-state index contributed by atoms with van der Waals surface area (Å²) < 4.78 is 24.3. The van der Waals surface area contributed by atoms with Crippen molar-refractivity contribution in [2.45, 2.75) is 25.3 Å². The zero-order valence-corrected chi connectivity index (χ0v) is 11.2. The first kappa shape index (κ1) is 13.1. The molecule has 1 aromatic carbocycles. The van der Waals surface area contributed by atoms with Crippen LogP contribution in [-0.2, 0) is 0 Å². The summed E-state index contributed by atoms with van der Waals surface area (Å²) >= 11 is 0. The third-order valence-corrected chi connectivity index (χ3v) is 3.47. The summed E-state index contributed by atoms with van der Waals surface area (Å²) in [6, 6.07) is 4.68. The highest BCUT2D eigenvalue weighted by Crippen LogP contribution is 2.32. The molecule has 106 valence electrons. The second-order valence-corrected chi connectivity index (χ2v) is 4.78. The third-order valence-electron chi connectivity index (χ3n) is 3.47. The van der Waals surface area contributed by atoms with Crippen molar-refractivity contribution in [3.8, 4) is 17.2 Å². The quantitative estimate of drug-likeness (QED) is 0.934. The summed E-state index contributed by atoms with van der Waals surface area (Å²) in [4.78, 5) is 4.31. The summed E-state index contributed by atoms with van der Waals surface area (Å²) in [6.07, 6.45) is 3.25. The largest absolute Gasteiger partial charge is 0.496 e. The maximum atomic E-state index is 14.0. The fourth-order valence-corrected chi connectivity index (χ4v) is 2.43. The van der Waals surface area contributed by atoms with Gasteiger partial charge in [-0.3, -0.25) is 0 Å². The number of methoxy groups -OCH3 is 1. The predicted molar refractivity (Wildman–Crippen MR) is 70.8 cm³/mol. The van der Waals surface area contributed by atoms with Gasteiger partial charge in [-0.2, -0.15) is 4.98 Å². The molecule has 0 spiro atoms. The van der Waals surface area contributed by atoms with Crippen molar-refractivity contribution in [3.63, 3.8) is 0 Å². The summed E-state index contributed by atoms with van der Waals surface area (Å²) in [5.41, 5.74) is 0.213. The first-order chi connectivity index (χ1) is 9.79. The van der Waals surface area contributed by atoms with E-state index in [0.29, 0.717) is 11.6 Å². The van der Waals surface area contributed by atoms with Crippen molar-refractivity contribution < 1.29 is 13.7 Å². The first-order valence-corrected chi connectivity index (χ1v) is 6.69. The molecule has 1 atom stereocenters. The average molecular weight is 277 g/mol. The standard InChI is InChI=1S/C14H16FN3O2/c1-19-11-7-4-5-9(15)12(11)14-17-13(18-20-14)10-6-2-3-8-16-10/h4-5,7,10,16H,2-3,6,8H2,1H3. The molecule has 3 rings (SSSR count). The number of nitrogens with one attached hydrogen (secondary N) is 1. The summed E-state index contributed by atoms with van der Waals surface area (Å²) in [5, 5.41) is 7.30. The molecule has 0 bridgehead atoms. The van der Waals surface area contributed by atoms with Gasteiger partial charge < -0.3 is 14.6 Å². The lowest BCUT2D eigenvalue weighted by Gasteiger charge is -2.19. The van der Waals surface area contributed by atoms with Crippen LogP contribution in [-0.4, -0.2) is 23.8 Å². The van der Waals surface area contributed by atoms with Gasteiger partial charge in [0.15, 0.2) is 5.82 Å². The number of aromatic nitrogens is 2. The van der Waals surface area contributed by atoms with E-state index in [1.54, 1.807) is 12.1 Å². The Bertz CT molecular complexity index is 594. The first-order valence-electron chi connectivity index (χ1n) is 6.69. The number of ether oxygens (including phenoxy) is 1. The van der Waals surface area contributed by atoms with E-state index in [4.69, 9.17) is 9.26 Å². The van der Waals surface area contributed by atoms with E-state index in [1.165, 1.54) is 13.2 Å². The van der Waals surface area contributed by atoms with E-state index >= 15 is 0 Å². The molecule has 1 aliphatic heterocycles. The Labute approximate surface area is 116 Å². The average Bonchev–Trinajstić information content (AvgIpc) is 2.97. The van der Waals surface area contributed by atoms with Crippen LogP contribution < -0.4 is 10.1 Å². The molecule has 1 aliphatic rings. The maximum Gasteiger partial charge on any atom is 0.264 e. The fraction of sp³-hybridized carbons (Fsp3) is 0.429. The Morgan fingerprint density at radius 3 is 3.05 bits per heavy atom. The molecular weight excluding hydrogens is 261 g/mol. The normalized spacial score (nSPS) is 19.0. The number of hydrogen-bond donors (Lipinski definition) is 1. The number of rotatable bonds is 3. The van der Waals surface area contributed by atoms with Gasteiger partial charge in [0.1, 0.15) is 17.1 Å². The van der Waals surface area contributed by atoms with Crippen molar-refractivity contribution >= 4 is 0 Å². The van der Waals surface area contributed by atoms with Crippen molar-refractivity contribution in [2.24, 2.45) is 0 Å². The number of nitrogens with zero attached hydrogens (tertiary/aromatic N) is 2. The zero-order chi connectivity index (χ0) is 13.9. The van der Waals surface area contributed by atoms with Gasteiger partial charge >= 0.3 is 0 Å². The second-order valence-electron chi connectivity index (χ2n) is 4.78. The molecule has 2 aromatic rings. The van der Waals surface area contributed by atoms with Crippen LogP contribution in [0.1, 0.15) is 31.1 Å². The zero-order valence-electron chi connectivity index (χ0n) is 11.2. The van der Waals surface area contributed by atoms with E-state index < -0.39 is 5.82 Å². The lowest BCUT2D eigenvalue weighted by molar-refractivity contribution is 0.365. The molecule has 2 heterocycles. The SMILES string of the molecule is COc1cccc(F)c1-c1nc(C2CCCCN2)no1. The van der Waals surface area contributed by atoms with E-state index in [0.717, 1.165) is 25.8 Å². The second kappa shape index (κ2) is 5.58. The van der Waals surface area contributed by atoms with Gasteiger partial charge in [0.2, 0.25) is 0 Å². The Morgan fingerprint density at radius 1 is 1.40 bits per heavy atom. The minimum Gasteiger partial charge on any atom is -0.496 e. The van der Waals surface area contributed by atoms with Crippen molar-refractivity contribution in [1.82, 2.24) is 15.5 Å². The van der Waals surface area contributed by atoms with Gasteiger partial charge in [0.05, 0.1) is 13.2 Å². The molecule has 0 amide bonds. The minimum absolute atomic E-state index is 0.0824. The van der Waals surface area contributed by atoms with Gasteiger partial charge in [-0.25, -0.2) is 4.39 Å². The molecule has 1 fully saturated rings. The number of piperidine rings is 1. The highest BCUT2D eigenvalue weighted by molar-refractivity contribution is 5.63. The van der Waals surface area contributed by atoms with Gasteiger partial charge in [0.25, 0.3) is 5.89 Å². The molecule has 1 saturated heterocycles.